The van der Waals surface area contributed by atoms with E-state index in [1.54, 1.807) is 0 Å². The molecule has 0 fully saturated rings. The van der Waals surface area contributed by atoms with Crippen LogP contribution in [0.2, 0.25) is 0 Å². The van der Waals surface area contributed by atoms with Crippen LogP contribution < -0.4 is 0 Å². The smallest absolute Gasteiger partial charge is 0.0158 e. The van der Waals surface area contributed by atoms with Crippen LogP contribution in [-0.2, 0) is 5.41 Å². The lowest BCUT2D eigenvalue weighted by Crippen LogP contribution is -2.14. The van der Waals surface area contributed by atoms with E-state index in [2.05, 4.69) is 360 Å². The lowest BCUT2D eigenvalue weighted by atomic mass is 9.82. The standard InChI is InChI=1S/2C17H12.C16H16.C13H12.2C11H10.C7H8/c1-11-9-10-16-14-6-3-2-5-13(14)15-8-4-7-12(11)17(15)16;1-11-5-6-14-8-7-12-3-2-4-13-9-10-15(11)17(14)16(12)13;1-11-8-9-13-12-6-4-5-7-14(12)16(2,3)15(13)10-11;1-11-7-9-13(10-8-11)12-5-3-2-4-6-12;1-9-5-4-7-10-6-2-3-8-11(9)10;1-9-6-7-10-4-2-3-5-11(10)8-9;1-7-5-3-2-4-6-7/h2*2-10H,1H3;4-10H,1-3H3;2-10H,1H3;2*2-8H,1H3;2-6H,1H3. The Balaban J connectivity index is 0.000000105. The van der Waals surface area contributed by atoms with Crippen LogP contribution in [0.15, 0.2) is 322 Å². The minimum Gasteiger partial charge on any atom is -0.0622 e. The summed E-state index contributed by atoms with van der Waals surface area (Å²) in [5.41, 5.74) is 23.3. The van der Waals surface area contributed by atoms with Gasteiger partial charge in [0.05, 0.1) is 0 Å². The SMILES string of the molecule is Cc1ccc(-c2ccccc2)cc1.Cc1ccc2c(c1)C(C)(C)c1ccccc1-2.Cc1ccc2c3c(cccc13)-c1ccccc1-2.Cc1ccc2ccc3cccc4ccc1c2c34.Cc1ccc2ccccc2c1.Cc1cccc2ccccc12.Cc1ccccc1. The molecule has 0 heterocycles. The zero-order chi connectivity index (χ0) is 63.7. The van der Waals surface area contributed by atoms with Crippen LogP contribution >= 0.6 is 0 Å². The van der Waals surface area contributed by atoms with E-state index in [1.807, 2.05) is 24.3 Å². The van der Waals surface area contributed by atoms with Crippen molar-refractivity contribution in [2.45, 2.75) is 67.7 Å². The van der Waals surface area contributed by atoms with Crippen LogP contribution in [0.5, 0.6) is 0 Å². The summed E-state index contributed by atoms with van der Waals surface area (Å²) in [6.07, 6.45) is 0. The zero-order valence-electron chi connectivity index (χ0n) is 54.6. The average molecular weight is 1190 g/mol. The lowest BCUT2D eigenvalue weighted by molar-refractivity contribution is 0.660. The monoisotopic (exact) mass is 1180 g/mol. The summed E-state index contributed by atoms with van der Waals surface area (Å²) in [6.45, 7) is 19.6. The third-order valence-electron chi connectivity index (χ3n) is 18.3. The molecule has 18 rings (SSSR count). The van der Waals surface area contributed by atoms with E-state index >= 15 is 0 Å². The molecule has 448 valence electrons. The van der Waals surface area contributed by atoms with Gasteiger partial charge in [-0.2, -0.15) is 0 Å². The van der Waals surface area contributed by atoms with Gasteiger partial charge in [-0.05, 0) is 185 Å². The van der Waals surface area contributed by atoms with Gasteiger partial charge in [-0.25, -0.2) is 0 Å². The summed E-state index contributed by atoms with van der Waals surface area (Å²) in [5.74, 6) is 0. The van der Waals surface area contributed by atoms with Crippen molar-refractivity contribution >= 4 is 64.6 Å². The molecule has 0 atom stereocenters. The predicted octanol–water partition coefficient (Wildman–Crippen LogP) is 25.9. The molecule has 0 radical (unpaired) electrons. The summed E-state index contributed by atoms with van der Waals surface area (Å²) in [5, 5.41) is 16.4. The average Bonchev–Trinajstić information content (AvgIpc) is 1.47. The normalized spacial score (nSPS) is 11.6. The molecule has 2 aliphatic rings. The second-order valence-corrected chi connectivity index (χ2v) is 25.2. The maximum atomic E-state index is 2.33. The van der Waals surface area contributed by atoms with Crippen molar-refractivity contribution < 1.29 is 0 Å². The number of hydrogen-bond donors (Lipinski definition) is 0. The van der Waals surface area contributed by atoms with Gasteiger partial charge < -0.3 is 0 Å². The Morgan fingerprint density at radius 2 is 0.598 bits per heavy atom. The Bertz CT molecular complexity index is 5120. The molecule has 0 heteroatoms. The van der Waals surface area contributed by atoms with Crippen LogP contribution in [0.1, 0.15) is 63.9 Å². The summed E-state index contributed by atoms with van der Waals surface area (Å²) >= 11 is 0. The second kappa shape index (κ2) is 27.6. The molecular formula is C92H80. The Labute approximate surface area is 545 Å². The molecule has 92 heavy (non-hydrogen) atoms. The van der Waals surface area contributed by atoms with Crippen molar-refractivity contribution in [3.8, 4) is 44.5 Å². The van der Waals surface area contributed by atoms with Crippen molar-refractivity contribution in [3.63, 3.8) is 0 Å². The minimum atomic E-state index is 0.151. The number of rotatable bonds is 1. The molecule has 0 N–H and O–H groups in total. The maximum absolute atomic E-state index is 2.33. The summed E-state index contributed by atoms with van der Waals surface area (Å²) in [4.78, 5) is 0. The van der Waals surface area contributed by atoms with E-state index in [0.29, 0.717) is 0 Å². The van der Waals surface area contributed by atoms with Crippen LogP contribution in [0.4, 0.5) is 0 Å². The first-order chi connectivity index (χ1) is 44.8. The molecule has 0 saturated heterocycles. The van der Waals surface area contributed by atoms with Crippen molar-refractivity contribution in [1.29, 1.82) is 0 Å². The molecule has 0 spiro atoms. The number of benzene rings is 16. The van der Waals surface area contributed by atoms with Gasteiger partial charge in [0, 0.05) is 5.41 Å². The molecule has 16 aromatic carbocycles. The molecule has 0 aromatic heterocycles. The molecule has 2 aliphatic carbocycles. The van der Waals surface area contributed by atoms with Crippen LogP contribution in [0.25, 0.3) is 109 Å². The minimum absolute atomic E-state index is 0.151. The predicted molar refractivity (Wildman–Crippen MR) is 402 cm³/mol. The fraction of sp³-hybridized carbons (Fsp3) is 0.109. The molecule has 0 bridgehead atoms. The summed E-state index contributed by atoms with van der Waals surface area (Å²) in [7, 11) is 0. The first kappa shape index (κ1) is 61.6. The third kappa shape index (κ3) is 13.3. The highest BCUT2D eigenvalue weighted by atomic mass is 14.4. The van der Waals surface area contributed by atoms with Crippen LogP contribution in [0.3, 0.4) is 0 Å². The Hall–Kier alpha value is -10.7. The van der Waals surface area contributed by atoms with Crippen LogP contribution in [-0.4, -0.2) is 0 Å². The molecule has 0 unspecified atom stereocenters. The largest absolute Gasteiger partial charge is 0.0622 e. The molecule has 0 nitrogen and oxygen atoms in total. The van der Waals surface area contributed by atoms with E-state index in [-0.39, 0.29) is 5.41 Å². The van der Waals surface area contributed by atoms with Crippen molar-refractivity contribution in [3.05, 3.63) is 372 Å². The maximum Gasteiger partial charge on any atom is 0.0158 e. The van der Waals surface area contributed by atoms with E-state index in [4.69, 9.17) is 0 Å². The van der Waals surface area contributed by atoms with E-state index < -0.39 is 0 Å². The highest BCUT2D eigenvalue weighted by Crippen LogP contribution is 2.49. The summed E-state index contributed by atoms with van der Waals surface area (Å²) < 4.78 is 0. The van der Waals surface area contributed by atoms with Gasteiger partial charge in [0.15, 0.2) is 0 Å². The lowest BCUT2D eigenvalue weighted by Gasteiger charge is -2.21. The topological polar surface area (TPSA) is 0 Å². The van der Waals surface area contributed by atoms with Gasteiger partial charge in [-0.15, -0.1) is 0 Å². The first-order valence-corrected chi connectivity index (χ1v) is 32.3. The van der Waals surface area contributed by atoms with E-state index in [9.17, 15) is 0 Å². The molecule has 0 saturated carbocycles. The Morgan fingerprint density at radius 1 is 0.196 bits per heavy atom. The number of hydrogen-bond acceptors (Lipinski definition) is 0. The van der Waals surface area contributed by atoms with Crippen molar-refractivity contribution in [1.82, 2.24) is 0 Å². The van der Waals surface area contributed by atoms with Crippen LogP contribution in [0, 0.1) is 48.5 Å². The number of aryl methyl sites for hydroxylation is 7. The van der Waals surface area contributed by atoms with Crippen molar-refractivity contribution in [2.24, 2.45) is 0 Å². The van der Waals surface area contributed by atoms with Gasteiger partial charge in [0.25, 0.3) is 0 Å². The first-order valence-electron chi connectivity index (χ1n) is 32.3. The Morgan fingerprint density at radius 3 is 1.28 bits per heavy atom. The van der Waals surface area contributed by atoms with Gasteiger partial charge in [0.2, 0.25) is 0 Å². The molecule has 0 aliphatic heterocycles. The highest BCUT2D eigenvalue weighted by Gasteiger charge is 2.34. The van der Waals surface area contributed by atoms with Gasteiger partial charge in [-0.1, -0.05) is 358 Å². The van der Waals surface area contributed by atoms with Gasteiger partial charge in [0.1, 0.15) is 0 Å². The molecule has 16 aromatic rings. The van der Waals surface area contributed by atoms with Gasteiger partial charge >= 0.3 is 0 Å². The second-order valence-electron chi connectivity index (χ2n) is 25.2. The molecule has 0 amide bonds. The fourth-order valence-corrected chi connectivity index (χ4v) is 13.3. The van der Waals surface area contributed by atoms with E-state index in [0.717, 1.165) is 0 Å². The summed E-state index contributed by atoms with van der Waals surface area (Å²) in [6, 6.07) is 114. The molecular weight excluding hydrogens is 1110 g/mol. The quantitative estimate of drug-likeness (QED) is 0.144. The Kier molecular flexibility index (Phi) is 18.5. The third-order valence-corrected chi connectivity index (χ3v) is 18.3. The number of fused-ring (bicyclic) bond motifs is 8. The zero-order valence-corrected chi connectivity index (χ0v) is 54.6. The van der Waals surface area contributed by atoms with E-state index in [1.165, 1.54) is 159 Å². The van der Waals surface area contributed by atoms with Crippen molar-refractivity contribution in [2.75, 3.05) is 0 Å². The van der Waals surface area contributed by atoms with Gasteiger partial charge in [-0.3, -0.25) is 0 Å². The fourth-order valence-electron chi connectivity index (χ4n) is 13.3. The highest BCUT2D eigenvalue weighted by molar-refractivity contribution is 6.23.